The fourth-order valence-corrected chi connectivity index (χ4v) is 6.63. The Kier molecular flexibility index (Phi) is 8.53. The van der Waals surface area contributed by atoms with E-state index in [0.29, 0.717) is 36.3 Å². The summed E-state index contributed by atoms with van der Waals surface area (Å²) in [6.07, 6.45) is -3.89. The number of rotatable bonds is 6. The molecule has 12 heteroatoms. The number of halogens is 5. The van der Waals surface area contributed by atoms with Gasteiger partial charge in [0.15, 0.2) is 0 Å². The Hall–Kier alpha value is -1.43. The Bertz CT molecular complexity index is 974. The third-order valence-electron chi connectivity index (χ3n) is 6.64. The van der Waals surface area contributed by atoms with Crippen molar-refractivity contribution in [3.05, 3.63) is 29.0 Å². The number of carbonyl (C=O) groups excluding carboxylic acids is 1. The van der Waals surface area contributed by atoms with Gasteiger partial charge in [-0.15, -0.1) is 0 Å². The van der Waals surface area contributed by atoms with Crippen LogP contribution in [0.25, 0.3) is 0 Å². The summed E-state index contributed by atoms with van der Waals surface area (Å²) in [5.41, 5.74) is 0. The summed E-state index contributed by atoms with van der Waals surface area (Å²) in [4.78, 5) is 16.6. The van der Waals surface area contributed by atoms with Gasteiger partial charge in [0.1, 0.15) is 12.4 Å². The van der Waals surface area contributed by atoms with E-state index in [-0.39, 0.29) is 24.7 Å². The number of piperazine rings is 1. The van der Waals surface area contributed by atoms with Crippen LogP contribution < -0.4 is 0 Å². The zero-order valence-corrected chi connectivity index (χ0v) is 20.8. The third kappa shape index (κ3) is 6.41. The number of hydrogen-bond acceptors (Lipinski definition) is 4. The maximum absolute atomic E-state index is 13.5. The Morgan fingerprint density at radius 1 is 1.12 bits per heavy atom. The van der Waals surface area contributed by atoms with Crippen LogP contribution >= 0.6 is 11.6 Å². The predicted octanol–water partition coefficient (Wildman–Crippen LogP) is 4.14. The number of amides is 1. The van der Waals surface area contributed by atoms with E-state index in [1.807, 2.05) is 0 Å². The molecule has 0 atom stereocenters. The van der Waals surface area contributed by atoms with Gasteiger partial charge in [0.2, 0.25) is 15.9 Å². The number of benzene rings is 1. The summed E-state index contributed by atoms with van der Waals surface area (Å²) >= 11 is 5.67. The lowest BCUT2D eigenvalue weighted by Crippen LogP contribution is -2.53. The molecular weight excluding hydrogens is 498 g/mol. The van der Waals surface area contributed by atoms with Gasteiger partial charge in [-0.2, -0.15) is 17.5 Å². The van der Waals surface area contributed by atoms with Gasteiger partial charge in [0.25, 0.3) is 0 Å². The summed E-state index contributed by atoms with van der Waals surface area (Å²) in [6.45, 7) is 5.30. The van der Waals surface area contributed by atoms with Crippen LogP contribution in [-0.4, -0.2) is 79.4 Å². The van der Waals surface area contributed by atoms with Crippen molar-refractivity contribution in [2.45, 2.75) is 62.7 Å². The van der Waals surface area contributed by atoms with E-state index in [9.17, 15) is 30.8 Å². The van der Waals surface area contributed by atoms with Crippen molar-refractivity contribution in [1.29, 1.82) is 0 Å². The van der Waals surface area contributed by atoms with E-state index in [1.54, 1.807) is 4.90 Å². The van der Waals surface area contributed by atoms with E-state index in [2.05, 4.69) is 18.7 Å². The van der Waals surface area contributed by atoms with Crippen molar-refractivity contribution in [2.75, 3.05) is 32.7 Å². The topological polar surface area (TPSA) is 60.9 Å². The van der Waals surface area contributed by atoms with Crippen molar-refractivity contribution in [1.82, 2.24) is 14.1 Å². The number of alkyl halides is 3. The highest BCUT2D eigenvalue weighted by molar-refractivity contribution is 7.89. The van der Waals surface area contributed by atoms with Gasteiger partial charge in [-0.05, 0) is 57.7 Å². The van der Waals surface area contributed by atoms with Crippen molar-refractivity contribution in [3.8, 4) is 0 Å². The average molecular weight is 528 g/mol. The lowest BCUT2D eigenvalue weighted by molar-refractivity contribution is -0.144. The fraction of sp³-hybridized carbons (Fsp3) is 0.682. The van der Waals surface area contributed by atoms with Gasteiger partial charge in [-0.25, -0.2) is 12.8 Å². The molecule has 0 bridgehead atoms. The quantitative estimate of drug-likeness (QED) is 0.522. The second kappa shape index (κ2) is 10.7. The Morgan fingerprint density at radius 3 is 2.21 bits per heavy atom. The molecule has 3 rings (SSSR count). The highest BCUT2D eigenvalue weighted by Crippen LogP contribution is 2.35. The highest BCUT2D eigenvalue weighted by Gasteiger charge is 2.43. The Labute approximate surface area is 202 Å². The number of nitrogens with zero attached hydrogens (tertiary/aromatic N) is 3. The molecule has 0 aromatic heterocycles. The van der Waals surface area contributed by atoms with Gasteiger partial charge in [0.05, 0.1) is 9.92 Å². The van der Waals surface area contributed by atoms with Crippen molar-refractivity contribution >= 4 is 27.5 Å². The second-order valence-corrected chi connectivity index (χ2v) is 11.5. The van der Waals surface area contributed by atoms with Crippen LogP contribution in [0.1, 0.15) is 39.5 Å². The van der Waals surface area contributed by atoms with Gasteiger partial charge in [-0.1, -0.05) is 11.6 Å². The van der Waals surface area contributed by atoms with E-state index in [4.69, 9.17) is 11.6 Å². The molecule has 1 amide bonds. The van der Waals surface area contributed by atoms with Crippen molar-refractivity contribution in [3.63, 3.8) is 0 Å². The van der Waals surface area contributed by atoms with Crippen molar-refractivity contribution in [2.24, 2.45) is 5.92 Å². The molecule has 0 unspecified atom stereocenters. The minimum absolute atomic E-state index is 0.0163. The maximum atomic E-state index is 13.5. The fourth-order valence-electron chi connectivity index (χ4n) is 4.69. The summed E-state index contributed by atoms with van der Waals surface area (Å²) in [5.74, 6) is -1.22. The molecule has 1 saturated carbocycles. The lowest BCUT2D eigenvalue weighted by atomic mass is 9.85. The largest absolute Gasteiger partial charge is 0.402 e. The first-order valence-corrected chi connectivity index (χ1v) is 13.2. The summed E-state index contributed by atoms with van der Waals surface area (Å²) < 4.78 is 80.1. The summed E-state index contributed by atoms with van der Waals surface area (Å²) in [7, 11) is -4.58. The smallest absolute Gasteiger partial charge is 0.340 e. The first-order chi connectivity index (χ1) is 15.8. The molecule has 2 fully saturated rings. The van der Waals surface area contributed by atoms with E-state index < -0.39 is 44.5 Å². The SMILES string of the molecule is CC(C)N1CCN(C(=O)C2CCC(N(CC(F)(F)F)S(=O)(=O)c3ccc(F)c(Cl)c3)CC2)CC1. The van der Waals surface area contributed by atoms with Crippen molar-refractivity contribution < 1.29 is 30.8 Å². The van der Waals surface area contributed by atoms with Crippen LogP contribution in [0, 0.1) is 11.7 Å². The first kappa shape index (κ1) is 27.2. The zero-order chi connectivity index (χ0) is 25.3. The summed E-state index contributed by atoms with van der Waals surface area (Å²) in [5, 5.41) is -0.486. The number of sulfonamides is 1. The Balaban J connectivity index is 1.70. The van der Waals surface area contributed by atoms with Crippen LogP contribution in [0.2, 0.25) is 5.02 Å². The van der Waals surface area contributed by atoms with Gasteiger partial charge in [0, 0.05) is 44.2 Å². The summed E-state index contributed by atoms with van der Waals surface area (Å²) in [6, 6.07) is 2.02. The molecule has 0 spiro atoms. The standard InChI is InChI=1S/C22H30ClF4N3O3S/c1-15(2)28-9-11-29(12-10-28)21(31)16-3-5-17(6-4-16)30(14-22(25,26)27)34(32,33)18-7-8-20(24)19(23)13-18/h7-8,13,15-17H,3-6,9-12,14H2,1-2H3. The minimum atomic E-state index is -4.76. The predicted molar refractivity (Wildman–Crippen MR) is 120 cm³/mol. The molecule has 0 radical (unpaired) electrons. The van der Waals surface area contributed by atoms with Gasteiger partial charge >= 0.3 is 6.18 Å². The van der Waals surface area contributed by atoms with Crippen LogP contribution in [0.15, 0.2) is 23.1 Å². The molecular formula is C22H30ClF4N3O3S. The van der Waals surface area contributed by atoms with Crippen LogP contribution in [-0.2, 0) is 14.8 Å². The molecule has 1 aliphatic carbocycles. The van der Waals surface area contributed by atoms with Crippen LogP contribution in [0.3, 0.4) is 0 Å². The van der Waals surface area contributed by atoms with Crippen LogP contribution in [0.4, 0.5) is 17.6 Å². The number of carbonyl (C=O) groups is 1. The minimum Gasteiger partial charge on any atom is -0.340 e. The molecule has 6 nitrogen and oxygen atoms in total. The van der Waals surface area contributed by atoms with Crippen LogP contribution in [0.5, 0.6) is 0 Å². The molecule has 1 aromatic rings. The second-order valence-electron chi connectivity index (χ2n) is 9.20. The van der Waals surface area contributed by atoms with E-state index in [1.165, 1.54) is 0 Å². The normalized spacial score (nSPS) is 23.0. The lowest BCUT2D eigenvalue weighted by Gasteiger charge is -2.40. The van der Waals surface area contributed by atoms with Gasteiger partial charge < -0.3 is 4.90 Å². The molecule has 1 saturated heterocycles. The monoisotopic (exact) mass is 527 g/mol. The molecule has 1 heterocycles. The molecule has 1 aromatic carbocycles. The Morgan fingerprint density at radius 2 is 1.71 bits per heavy atom. The molecule has 2 aliphatic rings. The molecule has 0 N–H and O–H groups in total. The highest BCUT2D eigenvalue weighted by atomic mass is 35.5. The molecule has 1 aliphatic heterocycles. The third-order valence-corrected chi connectivity index (χ3v) is 8.83. The first-order valence-electron chi connectivity index (χ1n) is 11.4. The molecule has 192 valence electrons. The zero-order valence-electron chi connectivity index (χ0n) is 19.2. The van der Waals surface area contributed by atoms with Gasteiger partial charge in [-0.3, -0.25) is 9.69 Å². The maximum Gasteiger partial charge on any atom is 0.402 e. The van der Waals surface area contributed by atoms with E-state index >= 15 is 0 Å². The molecule has 34 heavy (non-hydrogen) atoms. The number of hydrogen-bond donors (Lipinski definition) is 0. The average Bonchev–Trinajstić information content (AvgIpc) is 2.78. The van der Waals surface area contributed by atoms with E-state index in [0.717, 1.165) is 31.3 Å².